The Balaban J connectivity index is 1.57. The molecule has 1 aliphatic heterocycles. The van der Waals surface area contributed by atoms with Gasteiger partial charge >= 0.3 is 0 Å². The first-order chi connectivity index (χ1) is 13.5. The highest BCUT2D eigenvalue weighted by Gasteiger charge is 2.27. The first-order valence-electron chi connectivity index (χ1n) is 9.51. The van der Waals surface area contributed by atoms with Crippen molar-refractivity contribution in [3.63, 3.8) is 0 Å². The Kier molecular flexibility index (Phi) is 4.78. The van der Waals surface area contributed by atoms with Crippen molar-refractivity contribution in [1.82, 2.24) is 5.32 Å². The molecule has 140 valence electrons. The number of aliphatic imine (C=N–C) groups is 1. The molecule has 4 heteroatoms. The van der Waals surface area contributed by atoms with Crippen LogP contribution in [0.2, 0.25) is 0 Å². The van der Waals surface area contributed by atoms with Gasteiger partial charge < -0.3 is 5.32 Å². The molecule has 0 saturated carbocycles. The van der Waals surface area contributed by atoms with E-state index in [0.29, 0.717) is 5.71 Å². The Hall–Kier alpha value is -3.27. The van der Waals surface area contributed by atoms with Crippen molar-refractivity contribution in [3.8, 4) is 0 Å². The summed E-state index contributed by atoms with van der Waals surface area (Å²) >= 11 is 0. The monoisotopic (exact) mass is 370 g/mol. The molecule has 4 rings (SSSR count). The van der Waals surface area contributed by atoms with Crippen LogP contribution in [0.25, 0.3) is 10.8 Å². The first-order valence-corrected chi connectivity index (χ1v) is 9.51. The second kappa shape index (κ2) is 7.39. The predicted molar refractivity (Wildman–Crippen MR) is 112 cm³/mol. The Labute approximate surface area is 164 Å². The molecular weight excluding hydrogens is 348 g/mol. The van der Waals surface area contributed by atoms with Crippen LogP contribution in [0.5, 0.6) is 0 Å². The van der Waals surface area contributed by atoms with Gasteiger partial charge in [0.15, 0.2) is 0 Å². The molecule has 1 unspecified atom stereocenters. The fourth-order valence-corrected chi connectivity index (χ4v) is 3.81. The molecule has 1 aliphatic carbocycles. The van der Waals surface area contributed by atoms with Crippen LogP contribution in [0.3, 0.4) is 0 Å². The summed E-state index contributed by atoms with van der Waals surface area (Å²) in [5.74, 6) is -0.00334. The first kappa shape index (κ1) is 18.1. The molecule has 0 radical (unpaired) electrons. The number of amides is 2. The normalized spacial score (nSPS) is 20.0. The third kappa shape index (κ3) is 3.58. The minimum absolute atomic E-state index is 0.0461. The van der Waals surface area contributed by atoms with Gasteiger partial charge in [0.05, 0.1) is 12.1 Å². The van der Waals surface area contributed by atoms with Crippen molar-refractivity contribution < 1.29 is 9.59 Å². The Morgan fingerprint density at radius 1 is 1.11 bits per heavy atom. The van der Waals surface area contributed by atoms with Crippen LogP contribution in [-0.4, -0.2) is 17.5 Å². The summed E-state index contributed by atoms with van der Waals surface area (Å²) < 4.78 is 0. The van der Waals surface area contributed by atoms with E-state index in [9.17, 15) is 9.59 Å². The maximum absolute atomic E-state index is 12.6. The minimum atomic E-state index is -0.201. The molecule has 2 aromatic rings. The van der Waals surface area contributed by atoms with Gasteiger partial charge in [0.25, 0.3) is 5.91 Å². The van der Waals surface area contributed by atoms with Crippen LogP contribution in [0, 0.1) is 11.8 Å². The largest absolute Gasteiger partial charge is 0.325 e. The van der Waals surface area contributed by atoms with Crippen LogP contribution in [0.1, 0.15) is 19.4 Å². The van der Waals surface area contributed by atoms with Gasteiger partial charge in [-0.3, -0.25) is 9.59 Å². The zero-order valence-corrected chi connectivity index (χ0v) is 16.0. The number of allylic oxidation sites excluding steroid dienone is 3. The number of nitrogens with one attached hydrogen (secondary N) is 1. The van der Waals surface area contributed by atoms with E-state index in [0.717, 1.165) is 27.6 Å². The number of hydrogen-bond acceptors (Lipinski definition) is 2. The van der Waals surface area contributed by atoms with E-state index in [-0.39, 0.29) is 30.1 Å². The third-order valence-corrected chi connectivity index (χ3v) is 5.16. The molecular formula is C24H22N2O2. The molecule has 0 aromatic heterocycles. The zero-order chi connectivity index (χ0) is 19.7. The van der Waals surface area contributed by atoms with E-state index < -0.39 is 0 Å². The lowest BCUT2D eigenvalue weighted by Crippen LogP contribution is -2.34. The second-order valence-electron chi connectivity index (χ2n) is 7.47. The molecule has 0 bridgehead atoms. The number of nitrogens with zero attached hydrogens (tertiary/aromatic N) is 1. The van der Waals surface area contributed by atoms with Crippen LogP contribution >= 0.6 is 0 Å². The van der Waals surface area contributed by atoms with Crippen LogP contribution in [-0.2, 0) is 16.0 Å². The summed E-state index contributed by atoms with van der Waals surface area (Å²) in [6, 6.07) is 14.0. The summed E-state index contributed by atoms with van der Waals surface area (Å²) in [5.41, 5.74) is 3.40. The van der Waals surface area contributed by atoms with E-state index in [1.54, 1.807) is 12.2 Å². The molecule has 0 saturated heterocycles. The van der Waals surface area contributed by atoms with Gasteiger partial charge in [-0.05, 0) is 40.0 Å². The van der Waals surface area contributed by atoms with Crippen LogP contribution in [0.4, 0.5) is 0 Å². The number of benzene rings is 2. The van der Waals surface area contributed by atoms with Crippen molar-refractivity contribution in [2.24, 2.45) is 16.8 Å². The van der Waals surface area contributed by atoms with Gasteiger partial charge in [0, 0.05) is 17.7 Å². The van der Waals surface area contributed by atoms with Crippen LogP contribution in [0.15, 0.2) is 83.0 Å². The molecule has 4 nitrogen and oxygen atoms in total. The fraction of sp³-hybridized carbons (Fsp3) is 0.208. The molecule has 2 aliphatic rings. The minimum Gasteiger partial charge on any atom is -0.325 e. The average Bonchev–Trinajstić information content (AvgIpc) is 2.67. The third-order valence-electron chi connectivity index (χ3n) is 5.16. The Morgan fingerprint density at radius 2 is 1.89 bits per heavy atom. The number of hydrogen-bond donors (Lipinski definition) is 1. The summed E-state index contributed by atoms with van der Waals surface area (Å²) in [6.45, 7) is 4.15. The second-order valence-corrected chi connectivity index (χ2v) is 7.47. The van der Waals surface area contributed by atoms with E-state index in [1.165, 1.54) is 0 Å². The smallest absolute Gasteiger partial charge is 0.250 e. The van der Waals surface area contributed by atoms with Gasteiger partial charge in [-0.2, -0.15) is 0 Å². The van der Waals surface area contributed by atoms with Gasteiger partial charge in [-0.1, -0.05) is 62.4 Å². The van der Waals surface area contributed by atoms with Crippen LogP contribution < -0.4 is 5.32 Å². The van der Waals surface area contributed by atoms with E-state index in [2.05, 4.69) is 24.2 Å². The SMILES string of the molecule is CC(C)C1=CC(=O)NC2=CC(=NC(=O)Cc3cccc4ccccc34)C=CC21. The highest BCUT2D eigenvalue weighted by molar-refractivity contribution is 6.11. The van der Waals surface area contributed by atoms with Crippen molar-refractivity contribution in [2.45, 2.75) is 20.3 Å². The summed E-state index contributed by atoms with van der Waals surface area (Å²) in [5, 5.41) is 5.07. The maximum atomic E-state index is 12.6. The summed E-state index contributed by atoms with van der Waals surface area (Å²) in [7, 11) is 0. The summed E-state index contributed by atoms with van der Waals surface area (Å²) in [4.78, 5) is 28.8. The molecule has 2 amide bonds. The molecule has 1 N–H and O–H groups in total. The lowest BCUT2D eigenvalue weighted by atomic mass is 9.82. The molecule has 1 atom stereocenters. The summed E-state index contributed by atoms with van der Waals surface area (Å²) in [6.07, 6.45) is 7.59. The van der Waals surface area contributed by atoms with Crippen molar-refractivity contribution in [2.75, 3.05) is 0 Å². The predicted octanol–water partition coefficient (Wildman–Crippen LogP) is 4.13. The van der Waals surface area contributed by atoms with E-state index >= 15 is 0 Å². The van der Waals surface area contributed by atoms with Crippen molar-refractivity contribution in [1.29, 1.82) is 0 Å². The molecule has 0 spiro atoms. The Morgan fingerprint density at radius 3 is 2.71 bits per heavy atom. The van der Waals surface area contributed by atoms with E-state index in [4.69, 9.17) is 0 Å². The molecule has 1 heterocycles. The maximum Gasteiger partial charge on any atom is 0.250 e. The van der Waals surface area contributed by atoms with Gasteiger partial charge in [0.1, 0.15) is 0 Å². The number of fused-ring (bicyclic) bond motifs is 2. The highest BCUT2D eigenvalue weighted by Crippen LogP contribution is 2.31. The standard InChI is InChI=1S/C24H22N2O2/c1-15(2)21-14-24(28)26-22-13-18(10-11-20(21)22)25-23(27)12-17-8-5-7-16-6-3-4-9-19(16)17/h3-11,13-15,20H,12H2,1-2H3,(H,26,28). The van der Waals surface area contributed by atoms with Gasteiger partial charge in [0.2, 0.25) is 5.91 Å². The number of carbonyl (C=O) groups excluding carboxylic acids is 2. The fourth-order valence-electron chi connectivity index (χ4n) is 3.81. The average molecular weight is 370 g/mol. The highest BCUT2D eigenvalue weighted by atomic mass is 16.2. The van der Waals surface area contributed by atoms with Crippen molar-refractivity contribution >= 4 is 28.3 Å². The van der Waals surface area contributed by atoms with Gasteiger partial charge in [-0.15, -0.1) is 0 Å². The van der Waals surface area contributed by atoms with Crippen molar-refractivity contribution in [3.05, 3.63) is 83.6 Å². The lowest BCUT2D eigenvalue weighted by molar-refractivity contribution is -0.117. The van der Waals surface area contributed by atoms with Gasteiger partial charge in [-0.25, -0.2) is 4.99 Å². The topological polar surface area (TPSA) is 58.5 Å². The molecule has 2 aromatic carbocycles. The zero-order valence-electron chi connectivity index (χ0n) is 16.0. The lowest BCUT2D eigenvalue weighted by Gasteiger charge is -2.29. The molecule has 0 fully saturated rings. The number of carbonyl (C=O) groups is 2. The molecule has 28 heavy (non-hydrogen) atoms. The number of rotatable bonds is 3. The Bertz CT molecular complexity index is 1080. The quantitative estimate of drug-likeness (QED) is 0.883. The van der Waals surface area contributed by atoms with E-state index in [1.807, 2.05) is 54.6 Å².